The molecule has 0 aromatic heterocycles. The van der Waals surface area contributed by atoms with Gasteiger partial charge in [-0.3, -0.25) is 0 Å². The first kappa shape index (κ1) is 16.8. The first-order valence-corrected chi connectivity index (χ1v) is 7.88. The van der Waals surface area contributed by atoms with E-state index in [4.69, 9.17) is 32.7 Å². The molecule has 2 rings (SSSR count). The van der Waals surface area contributed by atoms with Crippen molar-refractivity contribution in [1.29, 1.82) is 0 Å². The number of hydrogen-bond acceptors (Lipinski definition) is 3. The van der Waals surface area contributed by atoms with Crippen LogP contribution in [0.5, 0.6) is 11.5 Å². The van der Waals surface area contributed by atoms with Crippen molar-refractivity contribution in [2.45, 2.75) is 19.9 Å². The first-order chi connectivity index (χ1) is 10.6. The number of hydrogen-bond donors (Lipinski definition) is 1. The summed E-state index contributed by atoms with van der Waals surface area (Å²) in [5.41, 5.74) is 1.92. The Morgan fingerprint density at radius 2 is 1.82 bits per heavy atom. The Balaban J connectivity index is 2.13. The smallest absolute Gasteiger partial charge is 0.142 e. The van der Waals surface area contributed by atoms with Crippen LogP contribution >= 0.6 is 23.2 Å². The number of ether oxygens (including phenoxy) is 2. The van der Waals surface area contributed by atoms with E-state index in [1.165, 1.54) is 0 Å². The Morgan fingerprint density at radius 1 is 1.09 bits per heavy atom. The van der Waals surface area contributed by atoms with E-state index in [0.29, 0.717) is 28.9 Å². The minimum Gasteiger partial charge on any atom is -0.497 e. The van der Waals surface area contributed by atoms with Crippen LogP contribution in [0.25, 0.3) is 0 Å². The summed E-state index contributed by atoms with van der Waals surface area (Å²) >= 11 is 12.3. The quantitative estimate of drug-likeness (QED) is 0.732. The van der Waals surface area contributed by atoms with E-state index >= 15 is 0 Å². The fourth-order valence-corrected chi connectivity index (χ4v) is 2.61. The second kappa shape index (κ2) is 8.16. The number of benzene rings is 2. The molecule has 0 fully saturated rings. The molecule has 0 heterocycles. The molecule has 0 unspecified atom stereocenters. The lowest BCUT2D eigenvalue weighted by Crippen LogP contribution is -2.05. The molecule has 0 aliphatic heterocycles. The maximum Gasteiger partial charge on any atom is 0.142 e. The molecular formula is C17H19Cl2NO2. The fraction of sp³-hybridized carbons (Fsp3) is 0.294. The minimum atomic E-state index is 0.535. The lowest BCUT2D eigenvalue weighted by atomic mass is 10.2. The predicted octanol–water partition coefficient (Wildman–Crippen LogP) is 5.40. The SMILES string of the molecule is CCCOc1c(Cl)cc(Cl)cc1CNc1ccc(OC)cc1. The molecule has 0 atom stereocenters. The van der Waals surface area contributed by atoms with Gasteiger partial charge in [-0.25, -0.2) is 0 Å². The van der Waals surface area contributed by atoms with Crippen LogP contribution in [0, 0.1) is 0 Å². The van der Waals surface area contributed by atoms with E-state index in [1.54, 1.807) is 13.2 Å². The zero-order valence-corrected chi connectivity index (χ0v) is 14.2. The molecule has 0 saturated heterocycles. The highest BCUT2D eigenvalue weighted by Crippen LogP contribution is 2.33. The second-order valence-electron chi connectivity index (χ2n) is 4.81. The molecule has 118 valence electrons. The summed E-state index contributed by atoms with van der Waals surface area (Å²) in [4.78, 5) is 0. The van der Waals surface area contributed by atoms with Gasteiger partial charge >= 0.3 is 0 Å². The van der Waals surface area contributed by atoms with Gasteiger partial charge in [-0.2, -0.15) is 0 Å². The van der Waals surface area contributed by atoms with E-state index in [9.17, 15) is 0 Å². The second-order valence-corrected chi connectivity index (χ2v) is 5.65. The van der Waals surface area contributed by atoms with Crippen molar-refractivity contribution in [2.75, 3.05) is 19.0 Å². The van der Waals surface area contributed by atoms with Gasteiger partial charge in [0, 0.05) is 22.8 Å². The van der Waals surface area contributed by atoms with E-state index in [0.717, 1.165) is 23.4 Å². The highest BCUT2D eigenvalue weighted by molar-refractivity contribution is 6.35. The van der Waals surface area contributed by atoms with Crippen molar-refractivity contribution in [3.63, 3.8) is 0 Å². The van der Waals surface area contributed by atoms with Gasteiger partial charge in [-0.05, 0) is 42.8 Å². The van der Waals surface area contributed by atoms with Crippen LogP contribution in [0.3, 0.4) is 0 Å². The van der Waals surface area contributed by atoms with E-state index in [2.05, 4.69) is 12.2 Å². The van der Waals surface area contributed by atoms with Crippen molar-refractivity contribution in [2.24, 2.45) is 0 Å². The maximum absolute atomic E-state index is 6.24. The zero-order valence-electron chi connectivity index (χ0n) is 12.7. The molecule has 2 aromatic rings. The Bertz CT molecular complexity index is 615. The van der Waals surface area contributed by atoms with Crippen LogP contribution in [0.1, 0.15) is 18.9 Å². The maximum atomic E-state index is 6.24. The molecular weight excluding hydrogens is 321 g/mol. The molecule has 22 heavy (non-hydrogen) atoms. The standard InChI is InChI=1S/C17H19Cl2NO2/c1-3-8-22-17-12(9-13(18)10-16(17)19)11-20-14-4-6-15(21-2)7-5-14/h4-7,9-10,20H,3,8,11H2,1-2H3. The molecule has 2 aromatic carbocycles. The first-order valence-electron chi connectivity index (χ1n) is 7.12. The summed E-state index contributed by atoms with van der Waals surface area (Å²) in [6.07, 6.45) is 0.921. The van der Waals surface area contributed by atoms with Crippen molar-refractivity contribution < 1.29 is 9.47 Å². The van der Waals surface area contributed by atoms with Crippen molar-refractivity contribution in [3.05, 3.63) is 52.0 Å². The summed E-state index contributed by atoms with van der Waals surface area (Å²) in [5, 5.41) is 4.46. The van der Waals surface area contributed by atoms with E-state index < -0.39 is 0 Å². The summed E-state index contributed by atoms with van der Waals surface area (Å²) in [5.74, 6) is 1.51. The highest BCUT2D eigenvalue weighted by atomic mass is 35.5. The zero-order chi connectivity index (χ0) is 15.9. The molecule has 5 heteroatoms. The summed E-state index contributed by atoms with van der Waals surface area (Å²) in [7, 11) is 1.65. The van der Waals surface area contributed by atoms with Crippen molar-refractivity contribution in [3.8, 4) is 11.5 Å². The molecule has 1 N–H and O–H groups in total. The summed E-state index contributed by atoms with van der Waals surface area (Å²) in [6, 6.07) is 11.3. The van der Waals surface area contributed by atoms with Crippen LogP contribution in [-0.4, -0.2) is 13.7 Å². The van der Waals surface area contributed by atoms with E-state index in [-0.39, 0.29) is 0 Å². The van der Waals surface area contributed by atoms with Crippen LogP contribution in [0.2, 0.25) is 10.0 Å². The topological polar surface area (TPSA) is 30.5 Å². The average Bonchev–Trinajstić information content (AvgIpc) is 2.52. The molecule has 0 radical (unpaired) electrons. The van der Waals surface area contributed by atoms with E-state index in [1.807, 2.05) is 30.3 Å². The molecule has 0 amide bonds. The van der Waals surface area contributed by atoms with Gasteiger partial charge in [-0.15, -0.1) is 0 Å². The number of methoxy groups -OCH3 is 1. The third-order valence-corrected chi connectivity index (χ3v) is 3.61. The minimum absolute atomic E-state index is 0.535. The summed E-state index contributed by atoms with van der Waals surface area (Å²) in [6.45, 7) is 3.25. The Labute approximate surface area is 141 Å². The highest BCUT2D eigenvalue weighted by Gasteiger charge is 2.10. The lowest BCUT2D eigenvalue weighted by molar-refractivity contribution is 0.314. The van der Waals surface area contributed by atoms with Gasteiger partial charge in [0.05, 0.1) is 18.7 Å². The number of rotatable bonds is 7. The molecule has 0 spiro atoms. The monoisotopic (exact) mass is 339 g/mol. The fourth-order valence-electron chi connectivity index (χ4n) is 2.02. The third kappa shape index (κ3) is 4.46. The lowest BCUT2D eigenvalue weighted by Gasteiger charge is -2.15. The van der Waals surface area contributed by atoms with Crippen LogP contribution in [0.4, 0.5) is 5.69 Å². The predicted molar refractivity (Wildman–Crippen MR) is 92.6 cm³/mol. The Kier molecular flexibility index (Phi) is 6.22. The Morgan fingerprint density at radius 3 is 2.45 bits per heavy atom. The van der Waals surface area contributed by atoms with Crippen LogP contribution < -0.4 is 14.8 Å². The third-order valence-electron chi connectivity index (χ3n) is 3.11. The summed E-state index contributed by atoms with van der Waals surface area (Å²) < 4.78 is 10.9. The van der Waals surface area contributed by atoms with Gasteiger partial charge in [0.1, 0.15) is 11.5 Å². The number of halogens is 2. The van der Waals surface area contributed by atoms with Gasteiger partial charge in [0.15, 0.2) is 0 Å². The van der Waals surface area contributed by atoms with Crippen molar-refractivity contribution >= 4 is 28.9 Å². The normalized spacial score (nSPS) is 10.4. The molecule has 0 aliphatic rings. The molecule has 0 aliphatic carbocycles. The van der Waals surface area contributed by atoms with Crippen LogP contribution in [0.15, 0.2) is 36.4 Å². The van der Waals surface area contributed by atoms with Crippen molar-refractivity contribution in [1.82, 2.24) is 0 Å². The largest absolute Gasteiger partial charge is 0.497 e. The number of anilines is 1. The van der Waals surface area contributed by atoms with Gasteiger partial charge in [0.2, 0.25) is 0 Å². The van der Waals surface area contributed by atoms with Gasteiger partial charge in [0.25, 0.3) is 0 Å². The Hall–Kier alpha value is -1.58. The molecule has 3 nitrogen and oxygen atoms in total. The van der Waals surface area contributed by atoms with Crippen LogP contribution in [-0.2, 0) is 6.54 Å². The van der Waals surface area contributed by atoms with Gasteiger partial charge in [-0.1, -0.05) is 30.1 Å². The van der Waals surface area contributed by atoms with Gasteiger partial charge < -0.3 is 14.8 Å². The average molecular weight is 340 g/mol. The number of nitrogens with one attached hydrogen (secondary N) is 1. The molecule has 0 saturated carbocycles. The molecule has 0 bridgehead atoms.